The minimum atomic E-state index is -0.754. The standard InChI is InChI=1S/C38H48N4O7/c1-37(2,3)49-34(44)16-10-15-33(43)40-27-38(31-17-21-39-22-18-31,28-41-35(45)47-25-29-11-6-4-7-12-29)32-19-23-42(24-20-32)36(46)48-26-30-13-8-5-9-14-30/h4-9,11-14,17-18,21-22,32H,10,15-16,19-20,23-28H2,1-3H3,(H,40,43)(H,41,45). The topological polar surface area (TPSA) is 136 Å². The Bertz CT molecular complexity index is 1490. The molecule has 2 aromatic carbocycles. The number of nitrogens with zero attached hydrogens (tertiary/aromatic N) is 2. The molecule has 0 aliphatic carbocycles. The SMILES string of the molecule is CC(C)(C)OC(=O)CCCC(=O)NCC(CNC(=O)OCc1ccccc1)(c1ccncc1)C1CCN(C(=O)OCc2ccccc2)CC1. The Morgan fingerprint density at radius 1 is 0.776 bits per heavy atom. The molecular formula is C38H48N4O7. The summed E-state index contributed by atoms with van der Waals surface area (Å²) in [5, 5.41) is 6.05. The van der Waals surface area contributed by atoms with E-state index in [0.29, 0.717) is 32.4 Å². The van der Waals surface area contributed by atoms with Crippen LogP contribution in [-0.2, 0) is 42.4 Å². The van der Waals surface area contributed by atoms with Crippen LogP contribution in [0, 0.1) is 5.92 Å². The Balaban J connectivity index is 1.45. The van der Waals surface area contributed by atoms with Gasteiger partial charge in [-0.3, -0.25) is 14.6 Å². The zero-order chi connectivity index (χ0) is 35.1. The number of benzene rings is 2. The number of aromatic nitrogens is 1. The molecule has 1 fully saturated rings. The van der Waals surface area contributed by atoms with E-state index in [0.717, 1.165) is 16.7 Å². The third kappa shape index (κ3) is 11.9. The number of hydrogen-bond donors (Lipinski definition) is 2. The van der Waals surface area contributed by atoms with Gasteiger partial charge in [0, 0.05) is 56.8 Å². The van der Waals surface area contributed by atoms with Crippen molar-refractivity contribution in [1.82, 2.24) is 20.5 Å². The normalized spacial score (nSPS) is 14.6. The molecule has 1 aliphatic rings. The van der Waals surface area contributed by atoms with Crippen LogP contribution in [0.4, 0.5) is 9.59 Å². The van der Waals surface area contributed by atoms with Gasteiger partial charge in [0.1, 0.15) is 18.8 Å². The Labute approximate surface area is 288 Å². The fourth-order valence-corrected chi connectivity index (χ4v) is 6.03. The first-order valence-corrected chi connectivity index (χ1v) is 16.8. The second kappa shape index (κ2) is 18.0. The summed E-state index contributed by atoms with van der Waals surface area (Å²) in [5.41, 5.74) is 1.32. The van der Waals surface area contributed by atoms with E-state index in [1.807, 2.05) is 72.8 Å². The summed E-state index contributed by atoms with van der Waals surface area (Å²) < 4.78 is 16.5. The number of amides is 3. The number of alkyl carbamates (subject to hydrolysis) is 1. The summed E-state index contributed by atoms with van der Waals surface area (Å²) >= 11 is 0. The maximum atomic E-state index is 13.1. The summed E-state index contributed by atoms with van der Waals surface area (Å²) in [6, 6.07) is 22.7. The summed E-state index contributed by atoms with van der Waals surface area (Å²) in [7, 11) is 0. The monoisotopic (exact) mass is 672 g/mol. The number of rotatable bonds is 14. The second-order valence-corrected chi connectivity index (χ2v) is 13.3. The van der Waals surface area contributed by atoms with E-state index in [9.17, 15) is 19.2 Å². The molecule has 2 heterocycles. The quantitative estimate of drug-likeness (QED) is 0.159. The lowest BCUT2D eigenvalue weighted by atomic mass is 9.66. The van der Waals surface area contributed by atoms with Crippen molar-refractivity contribution in [2.45, 2.75) is 77.1 Å². The van der Waals surface area contributed by atoms with Crippen molar-refractivity contribution in [2.24, 2.45) is 5.92 Å². The number of pyridine rings is 1. The largest absolute Gasteiger partial charge is 0.460 e. The van der Waals surface area contributed by atoms with Gasteiger partial charge in [-0.15, -0.1) is 0 Å². The smallest absolute Gasteiger partial charge is 0.410 e. The lowest BCUT2D eigenvalue weighted by Gasteiger charge is -2.45. The van der Waals surface area contributed by atoms with Crippen molar-refractivity contribution < 1.29 is 33.4 Å². The maximum absolute atomic E-state index is 13.1. The van der Waals surface area contributed by atoms with Crippen molar-refractivity contribution >= 4 is 24.1 Å². The molecule has 1 atom stereocenters. The molecule has 0 saturated carbocycles. The molecular weight excluding hydrogens is 624 g/mol. The highest BCUT2D eigenvalue weighted by Gasteiger charge is 2.43. The third-order valence-corrected chi connectivity index (χ3v) is 8.56. The molecule has 1 unspecified atom stereocenters. The van der Waals surface area contributed by atoms with Gasteiger partial charge in [-0.25, -0.2) is 9.59 Å². The van der Waals surface area contributed by atoms with Crippen LogP contribution in [0.2, 0.25) is 0 Å². The van der Waals surface area contributed by atoms with E-state index in [4.69, 9.17) is 14.2 Å². The summed E-state index contributed by atoms with van der Waals surface area (Å²) in [4.78, 5) is 57.2. The fourth-order valence-electron chi connectivity index (χ4n) is 6.03. The van der Waals surface area contributed by atoms with Crippen molar-refractivity contribution in [2.75, 3.05) is 26.2 Å². The van der Waals surface area contributed by atoms with Crippen LogP contribution in [0.5, 0.6) is 0 Å². The third-order valence-electron chi connectivity index (χ3n) is 8.56. The van der Waals surface area contributed by atoms with Crippen LogP contribution >= 0.6 is 0 Å². The van der Waals surface area contributed by atoms with Gasteiger partial charge in [-0.05, 0) is 74.8 Å². The Morgan fingerprint density at radius 2 is 1.35 bits per heavy atom. The van der Waals surface area contributed by atoms with Gasteiger partial charge in [-0.2, -0.15) is 0 Å². The van der Waals surface area contributed by atoms with Gasteiger partial charge < -0.3 is 29.7 Å². The number of ether oxygens (including phenoxy) is 3. The predicted octanol–water partition coefficient (Wildman–Crippen LogP) is 5.92. The lowest BCUT2D eigenvalue weighted by molar-refractivity contribution is -0.154. The molecule has 4 rings (SSSR count). The first-order chi connectivity index (χ1) is 23.5. The number of carbonyl (C=O) groups excluding carboxylic acids is 4. The molecule has 3 aromatic rings. The molecule has 0 spiro atoms. The second-order valence-electron chi connectivity index (χ2n) is 13.3. The van der Waals surface area contributed by atoms with Crippen LogP contribution in [0.25, 0.3) is 0 Å². The molecule has 1 saturated heterocycles. The Kier molecular flexibility index (Phi) is 13.6. The number of esters is 1. The molecule has 49 heavy (non-hydrogen) atoms. The molecule has 262 valence electrons. The number of nitrogens with one attached hydrogen (secondary N) is 2. The summed E-state index contributed by atoms with van der Waals surface area (Å²) in [6.07, 6.45) is 4.27. The molecule has 3 amide bonds. The molecule has 1 aromatic heterocycles. The highest BCUT2D eigenvalue weighted by Crippen LogP contribution is 2.38. The fraction of sp³-hybridized carbons (Fsp3) is 0.447. The molecule has 0 radical (unpaired) electrons. The Morgan fingerprint density at radius 3 is 1.94 bits per heavy atom. The van der Waals surface area contributed by atoms with Crippen LogP contribution in [0.1, 0.15) is 69.6 Å². The van der Waals surface area contributed by atoms with Crippen LogP contribution in [0.15, 0.2) is 85.2 Å². The van der Waals surface area contributed by atoms with Crippen molar-refractivity contribution in [3.8, 4) is 0 Å². The zero-order valence-corrected chi connectivity index (χ0v) is 28.7. The number of carbonyl (C=O) groups is 4. The van der Waals surface area contributed by atoms with Gasteiger partial charge in [-0.1, -0.05) is 60.7 Å². The Hall–Kier alpha value is -4.93. The number of likely N-dealkylation sites (tertiary alicyclic amines) is 1. The van der Waals surface area contributed by atoms with E-state index in [1.54, 1.807) is 38.1 Å². The van der Waals surface area contributed by atoms with Gasteiger partial charge in [0.15, 0.2) is 0 Å². The zero-order valence-electron chi connectivity index (χ0n) is 28.7. The average molecular weight is 673 g/mol. The first kappa shape index (κ1) is 36.9. The van der Waals surface area contributed by atoms with Crippen molar-refractivity contribution in [1.29, 1.82) is 0 Å². The highest BCUT2D eigenvalue weighted by atomic mass is 16.6. The van der Waals surface area contributed by atoms with Gasteiger partial charge >= 0.3 is 18.2 Å². The van der Waals surface area contributed by atoms with E-state index >= 15 is 0 Å². The lowest BCUT2D eigenvalue weighted by Crippen LogP contribution is -2.55. The van der Waals surface area contributed by atoms with E-state index < -0.39 is 17.1 Å². The van der Waals surface area contributed by atoms with Crippen LogP contribution in [-0.4, -0.2) is 65.7 Å². The highest BCUT2D eigenvalue weighted by molar-refractivity contribution is 5.77. The molecule has 0 bridgehead atoms. The molecule has 11 nitrogen and oxygen atoms in total. The average Bonchev–Trinajstić information content (AvgIpc) is 3.10. The number of piperidine rings is 1. The molecule has 11 heteroatoms. The maximum Gasteiger partial charge on any atom is 0.410 e. The first-order valence-electron chi connectivity index (χ1n) is 16.8. The minimum Gasteiger partial charge on any atom is -0.460 e. The number of hydrogen-bond acceptors (Lipinski definition) is 8. The summed E-state index contributed by atoms with van der Waals surface area (Å²) in [5.74, 6) is -0.598. The van der Waals surface area contributed by atoms with Crippen LogP contribution < -0.4 is 10.6 Å². The van der Waals surface area contributed by atoms with E-state index in [2.05, 4.69) is 15.6 Å². The van der Waals surface area contributed by atoms with Crippen molar-refractivity contribution in [3.05, 3.63) is 102 Å². The van der Waals surface area contributed by atoms with E-state index in [1.165, 1.54) is 0 Å². The summed E-state index contributed by atoms with van der Waals surface area (Å²) in [6.45, 7) is 7.01. The predicted molar refractivity (Wildman–Crippen MR) is 184 cm³/mol. The molecule has 2 N–H and O–H groups in total. The van der Waals surface area contributed by atoms with E-state index in [-0.39, 0.29) is 63.0 Å². The van der Waals surface area contributed by atoms with Gasteiger partial charge in [0.05, 0.1) is 0 Å². The minimum absolute atomic E-state index is 0.0374. The molecule has 1 aliphatic heterocycles. The van der Waals surface area contributed by atoms with Gasteiger partial charge in [0.2, 0.25) is 5.91 Å². The van der Waals surface area contributed by atoms with Crippen LogP contribution in [0.3, 0.4) is 0 Å². The van der Waals surface area contributed by atoms with Gasteiger partial charge in [0.25, 0.3) is 0 Å². The van der Waals surface area contributed by atoms with Crippen molar-refractivity contribution in [3.63, 3.8) is 0 Å².